The number of aromatic hydroxyl groups is 4. The molecule has 0 radical (unpaired) electrons. The molecule has 0 saturated heterocycles. The number of halogens is 1. The van der Waals surface area contributed by atoms with Crippen molar-refractivity contribution in [2.24, 2.45) is 0 Å². The Labute approximate surface area is 172 Å². The zero-order valence-corrected chi connectivity index (χ0v) is 15.9. The highest BCUT2D eigenvalue weighted by atomic mass is 35.5. The van der Waals surface area contributed by atoms with Crippen LogP contribution in [0.4, 0.5) is 22.7 Å². The van der Waals surface area contributed by atoms with E-state index >= 15 is 0 Å². The van der Waals surface area contributed by atoms with Crippen LogP contribution in [-0.4, -0.2) is 20.4 Å². The number of phenols is 4. The molecule has 12 N–H and O–H groups in total. The first-order valence-electron chi connectivity index (χ1n) is 8.20. The molecule has 152 valence electrons. The Kier molecular flexibility index (Phi) is 5.89. The molecule has 0 atom stereocenters. The molecule has 0 aliphatic rings. The largest absolute Gasteiger partial charge is 0.504 e. The maximum absolute atomic E-state index is 9.70. The van der Waals surface area contributed by atoms with Crippen LogP contribution in [0.1, 0.15) is 0 Å². The molecular weight excluding hydrogens is 396 g/mol. The molecule has 0 spiro atoms. The number of phenolic OH excluding ortho intramolecular Hbond substituents is 4. The maximum Gasteiger partial charge on any atom is 0.183 e. The second kappa shape index (κ2) is 7.99. The van der Waals surface area contributed by atoms with Crippen LogP contribution in [-0.2, 0) is 0 Å². The van der Waals surface area contributed by atoms with Gasteiger partial charge in [-0.25, -0.2) is 0 Å². The van der Waals surface area contributed by atoms with Crippen LogP contribution < -0.4 is 22.9 Å². The van der Waals surface area contributed by atoms with E-state index in [4.69, 9.17) is 28.0 Å². The Morgan fingerprint density at radius 3 is 1.90 bits per heavy atom. The van der Waals surface area contributed by atoms with E-state index in [1.165, 1.54) is 18.2 Å². The van der Waals surface area contributed by atoms with E-state index in [-0.39, 0.29) is 46.7 Å². The minimum atomic E-state index is -0.450. The molecule has 9 heteroatoms. The van der Waals surface area contributed by atoms with Gasteiger partial charge < -0.3 is 43.4 Å². The summed E-state index contributed by atoms with van der Waals surface area (Å²) in [5.74, 6) is -0.927. The molecule has 0 aliphatic carbocycles. The summed E-state index contributed by atoms with van der Waals surface area (Å²) in [6, 6.07) is 13.7. The molecule has 4 aromatic rings. The zero-order valence-electron chi connectivity index (χ0n) is 15.1. The Bertz CT molecular complexity index is 1210. The van der Waals surface area contributed by atoms with Crippen molar-refractivity contribution in [2.75, 3.05) is 22.9 Å². The average molecular weight is 417 g/mol. The molecule has 0 aromatic heterocycles. The SMILES string of the molecule is Cl.Nc1ccc2c(O)c(O)c(N)c(N)c2c1N.Oc1ccc2ccccc2c1O. The highest BCUT2D eigenvalue weighted by Crippen LogP contribution is 2.46. The molecule has 8 nitrogen and oxygen atoms in total. The average Bonchev–Trinajstić information content (AvgIpc) is 2.70. The third kappa shape index (κ3) is 3.61. The van der Waals surface area contributed by atoms with Crippen LogP contribution in [0.15, 0.2) is 48.5 Å². The first kappa shape index (κ1) is 21.4. The van der Waals surface area contributed by atoms with Crippen molar-refractivity contribution in [3.8, 4) is 23.0 Å². The predicted molar refractivity (Wildman–Crippen MR) is 119 cm³/mol. The number of hydrogen-bond donors (Lipinski definition) is 8. The van der Waals surface area contributed by atoms with E-state index < -0.39 is 5.75 Å². The lowest BCUT2D eigenvalue weighted by atomic mass is 10.0. The zero-order chi connectivity index (χ0) is 20.6. The molecular formula is C20H21ClN4O4. The third-order valence-corrected chi connectivity index (χ3v) is 4.45. The fourth-order valence-corrected chi connectivity index (χ4v) is 2.88. The highest BCUT2D eigenvalue weighted by molar-refractivity contribution is 6.13. The molecule has 0 unspecified atom stereocenters. The Hall–Kier alpha value is -3.91. The molecule has 0 fully saturated rings. The van der Waals surface area contributed by atoms with Gasteiger partial charge in [0, 0.05) is 16.2 Å². The first-order chi connectivity index (χ1) is 13.2. The summed E-state index contributed by atoms with van der Waals surface area (Å²) in [5, 5.41) is 40.1. The van der Waals surface area contributed by atoms with Crippen LogP contribution in [0.5, 0.6) is 23.0 Å². The van der Waals surface area contributed by atoms with E-state index in [0.29, 0.717) is 21.8 Å². The first-order valence-corrected chi connectivity index (χ1v) is 8.20. The number of fused-ring (bicyclic) bond motifs is 2. The van der Waals surface area contributed by atoms with Gasteiger partial charge in [0.05, 0.1) is 17.1 Å². The van der Waals surface area contributed by atoms with Gasteiger partial charge in [-0.3, -0.25) is 0 Å². The van der Waals surface area contributed by atoms with Gasteiger partial charge in [0.2, 0.25) is 0 Å². The van der Waals surface area contributed by atoms with Crippen molar-refractivity contribution >= 4 is 56.7 Å². The fraction of sp³-hybridized carbons (Fsp3) is 0. The standard InChI is InChI=1S/C10H12N4O2.C10H8O2.ClH/c11-4-2-1-3-5(6(4)12)7(13)8(14)10(16)9(3)15;11-9-6-5-7-3-1-2-4-8(7)10(9)12;/h1-2,15-16H,11-14H2;1-6,11-12H;1H. The van der Waals surface area contributed by atoms with Crippen LogP contribution in [0.3, 0.4) is 0 Å². The lowest BCUT2D eigenvalue weighted by molar-refractivity contribution is 0.408. The minimum Gasteiger partial charge on any atom is -0.504 e. The summed E-state index contributed by atoms with van der Waals surface area (Å²) in [6.07, 6.45) is 0. The van der Waals surface area contributed by atoms with Gasteiger partial charge in [-0.15, -0.1) is 12.4 Å². The number of nitrogen functional groups attached to an aromatic ring is 4. The van der Waals surface area contributed by atoms with Gasteiger partial charge in [-0.05, 0) is 23.6 Å². The van der Waals surface area contributed by atoms with Crippen molar-refractivity contribution in [1.82, 2.24) is 0 Å². The predicted octanol–water partition coefficient (Wildman–Crippen LogP) is 3.25. The fourth-order valence-electron chi connectivity index (χ4n) is 2.88. The van der Waals surface area contributed by atoms with Crippen molar-refractivity contribution < 1.29 is 20.4 Å². The Morgan fingerprint density at radius 1 is 0.552 bits per heavy atom. The number of hydrogen-bond acceptors (Lipinski definition) is 8. The number of anilines is 4. The topological polar surface area (TPSA) is 185 Å². The Balaban J connectivity index is 0.000000207. The van der Waals surface area contributed by atoms with Gasteiger partial charge in [-0.2, -0.15) is 0 Å². The van der Waals surface area contributed by atoms with Crippen molar-refractivity contribution in [2.45, 2.75) is 0 Å². The number of nitrogens with two attached hydrogens (primary N) is 4. The van der Waals surface area contributed by atoms with Gasteiger partial charge in [0.1, 0.15) is 5.69 Å². The smallest absolute Gasteiger partial charge is 0.183 e. The Morgan fingerprint density at radius 2 is 1.21 bits per heavy atom. The minimum absolute atomic E-state index is 0. The normalized spacial score (nSPS) is 10.2. The van der Waals surface area contributed by atoms with Gasteiger partial charge in [-0.1, -0.05) is 30.3 Å². The summed E-state index contributed by atoms with van der Waals surface area (Å²) >= 11 is 0. The molecule has 29 heavy (non-hydrogen) atoms. The monoisotopic (exact) mass is 416 g/mol. The van der Waals surface area contributed by atoms with Crippen LogP contribution in [0.25, 0.3) is 21.5 Å². The quantitative estimate of drug-likeness (QED) is 0.122. The van der Waals surface area contributed by atoms with Gasteiger partial charge in [0.15, 0.2) is 23.0 Å². The van der Waals surface area contributed by atoms with E-state index in [9.17, 15) is 15.3 Å². The van der Waals surface area contributed by atoms with Crippen LogP contribution in [0, 0.1) is 0 Å². The van der Waals surface area contributed by atoms with Crippen LogP contribution in [0.2, 0.25) is 0 Å². The summed E-state index contributed by atoms with van der Waals surface area (Å²) in [4.78, 5) is 0. The van der Waals surface area contributed by atoms with E-state index in [1.807, 2.05) is 18.2 Å². The van der Waals surface area contributed by atoms with Crippen LogP contribution >= 0.6 is 12.4 Å². The third-order valence-electron chi connectivity index (χ3n) is 4.45. The molecule has 4 aromatic carbocycles. The van der Waals surface area contributed by atoms with Gasteiger partial charge >= 0.3 is 0 Å². The second-order valence-corrected chi connectivity index (χ2v) is 6.17. The molecule has 0 saturated carbocycles. The molecule has 0 heterocycles. The molecule has 0 bridgehead atoms. The van der Waals surface area contributed by atoms with E-state index in [2.05, 4.69) is 0 Å². The number of rotatable bonds is 0. The van der Waals surface area contributed by atoms with E-state index in [0.717, 1.165) is 5.39 Å². The summed E-state index contributed by atoms with van der Waals surface area (Å²) < 4.78 is 0. The lowest BCUT2D eigenvalue weighted by Crippen LogP contribution is -2.01. The molecule has 0 aliphatic heterocycles. The highest BCUT2D eigenvalue weighted by Gasteiger charge is 2.17. The summed E-state index contributed by atoms with van der Waals surface area (Å²) in [6.45, 7) is 0. The summed E-state index contributed by atoms with van der Waals surface area (Å²) in [7, 11) is 0. The summed E-state index contributed by atoms with van der Waals surface area (Å²) in [5.41, 5.74) is 23.2. The molecule has 0 amide bonds. The van der Waals surface area contributed by atoms with Crippen molar-refractivity contribution in [1.29, 1.82) is 0 Å². The molecule has 4 rings (SSSR count). The second-order valence-electron chi connectivity index (χ2n) is 6.17. The van der Waals surface area contributed by atoms with Crippen molar-refractivity contribution in [3.05, 3.63) is 48.5 Å². The van der Waals surface area contributed by atoms with Gasteiger partial charge in [0.25, 0.3) is 0 Å². The van der Waals surface area contributed by atoms with Crippen molar-refractivity contribution in [3.63, 3.8) is 0 Å². The van der Waals surface area contributed by atoms with E-state index in [1.54, 1.807) is 12.1 Å². The maximum atomic E-state index is 9.70. The lowest BCUT2D eigenvalue weighted by Gasteiger charge is -2.13. The number of benzene rings is 4.